The monoisotopic (exact) mass is 160 g/mol. The Kier molecular flexibility index (Phi) is 1.48. The second-order valence-corrected chi connectivity index (χ2v) is 4.22. The van der Waals surface area contributed by atoms with Crippen molar-refractivity contribution >= 4 is 0 Å². The van der Waals surface area contributed by atoms with Gasteiger partial charge in [-0.3, -0.25) is 0 Å². The standard InChI is InChI=1S/C9H14F2/c1-9-5-3-2-4-6(9)7(9)8(10)11/h6-8H,2-5H2,1H3. The van der Waals surface area contributed by atoms with Gasteiger partial charge in [0.25, 0.3) is 0 Å². The van der Waals surface area contributed by atoms with Crippen LogP contribution in [0.25, 0.3) is 0 Å². The maximum absolute atomic E-state index is 12.4. The topological polar surface area (TPSA) is 0 Å². The molecule has 0 amide bonds. The summed E-state index contributed by atoms with van der Waals surface area (Å²) in [6.45, 7) is 2.04. The number of rotatable bonds is 1. The second kappa shape index (κ2) is 2.18. The van der Waals surface area contributed by atoms with Gasteiger partial charge in [0.1, 0.15) is 0 Å². The minimum atomic E-state index is -2.07. The summed E-state index contributed by atoms with van der Waals surface area (Å²) in [5.74, 6) is 0.0984. The van der Waals surface area contributed by atoms with E-state index in [2.05, 4.69) is 0 Å². The Morgan fingerprint density at radius 2 is 2.09 bits per heavy atom. The fourth-order valence-corrected chi connectivity index (χ4v) is 2.89. The van der Waals surface area contributed by atoms with Gasteiger partial charge in [0.05, 0.1) is 0 Å². The van der Waals surface area contributed by atoms with Crippen LogP contribution in [0.4, 0.5) is 8.78 Å². The van der Waals surface area contributed by atoms with Crippen LogP contribution in [-0.4, -0.2) is 6.43 Å². The number of fused-ring (bicyclic) bond motifs is 1. The van der Waals surface area contributed by atoms with Crippen LogP contribution in [0.5, 0.6) is 0 Å². The summed E-state index contributed by atoms with van der Waals surface area (Å²) in [6.07, 6.45) is 2.35. The maximum atomic E-state index is 12.4. The molecule has 0 aliphatic heterocycles. The summed E-state index contributed by atoms with van der Waals surface area (Å²) < 4.78 is 24.7. The molecule has 0 nitrogen and oxygen atoms in total. The Morgan fingerprint density at radius 3 is 2.55 bits per heavy atom. The Balaban J connectivity index is 2.07. The molecule has 2 fully saturated rings. The molecule has 3 unspecified atom stereocenters. The summed E-state index contributed by atoms with van der Waals surface area (Å²) in [7, 11) is 0. The Hall–Kier alpha value is -0.140. The number of halogens is 2. The van der Waals surface area contributed by atoms with E-state index in [9.17, 15) is 8.78 Å². The Bertz CT molecular complexity index is 167. The second-order valence-electron chi connectivity index (χ2n) is 4.22. The molecule has 0 spiro atoms. The van der Waals surface area contributed by atoms with Crippen molar-refractivity contribution in [2.75, 3.05) is 0 Å². The molecular weight excluding hydrogens is 146 g/mol. The first-order chi connectivity index (χ1) is 5.16. The van der Waals surface area contributed by atoms with Gasteiger partial charge in [0.2, 0.25) is 6.43 Å². The third-order valence-electron chi connectivity index (χ3n) is 3.68. The van der Waals surface area contributed by atoms with Crippen LogP contribution in [-0.2, 0) is 0 Å². The molecule has 2 heteroatoms. The lowest BCUT2D eigenvalue weighted by atomic mass is 9.90. The van der Waals surface area contributed by atoms with Crippen molar-refractivity contribution in [3.8, 4) is 0 Å². The molecule has 0 aromatic rings. The molecule has 0 saturated heterocycles. The minimum Gasteiger partial charge on any atom is -0.210 e. The van der Waals surface area contributed by atoms with Crippen LogP contribution in [0.3, 0.4) is 0 Å². The average Bonchev–Trinajstić information content (AvgIpc) is 2.54. The fraction of sp³-hybridized carbons (Fsp3) is 1.00. The van der Waals surface area contributed by atoms with Crippen LogP contribution in [0.1, 0.15) is 32.6 Å². The lowest BCUT2D eigenvalue weighted by Crippen LogP contribution is -2.06. The third-order valence-corrected chi connectivity index (χ3v) is 3.68. The van der Waals surface area contributed by atoms with Gasteiger partial charge >= 0.3 is 0 Å². The summed E-state index contributed by atoms with van der Waals surface area (Å²) in [5.41, 5.74) is 0.0341. The van der Waals surface area contributed by atoms with Crippen LogP contribution in [0.15, 0.2) is 0 Å². The van der Waals surface area contributed by atoms with Crippen molar-refractivity contribution in [1.82, 2.24) is 0 Å². The highest BCUT2D eigenvalue weighted by atomic mass is 19.3. The smallest absolute Gasteiger partial charge is 0.210 e. The molecule has 11 heavy (non-hydrogen) atoms. The highest BCUT2D eigenvalue weighted by molar-refractivity contribution is 5.10. The number of hydrogen-bond donors (Lipinski definition) is 0. The molecule has 2 saturated carbocycles. The molecule has 0 aromatic heterocycles. The highest BCUT2D eigenvalue weighted by Crippen LogP contribution is 2.67. The molecule has 0 radical (unpaired) electrons. The molecule has 2 rings (SSSR count). The van der Waals surface area contributed by atoms with E-state index in [1.54, 1.807) is 0 Å². The molecule has 0 bridgehead atoms. The van der Waals surface area contributed by atoms with E-state index in [4.69, 9.17) is 0 Å². The molecule has 3 atom stereocenters. The summed E-state index contributed by atoms with van der Waals surface area (Å²) >= 11 is 0. The zero-order chi connectivity index (χ0) is 8.06. The first kappa shape index (κ1) is 7.51. The van der Waals surface area contributed by atoms with Gasteiger partial charge < -0.3 is 0 Å². The maximum Gasteiger partial charge on any atom is 0.242 e. The van der Waals surface area contributed by atoms with Crippen molar-refractivity contribution in [2.24, 2.45) is 17.3 Å². The first-order valence-electron chi connectivity index (χ1n) is 4.44. The van der Waals surface area contributed by atoms with Gasteiger partial charge in [-0.05, 0) is 24.2 Å². The van der Waals surface area contributed by atoms with Crippen LogP contribution in [0.2, 0.25) is 0 Å². The van der Waals surface area contributed by atoms with E-state index in [0.717, 1.165) is 19.3 Å². The SMILES string of the molecule is CC12CCCCC1C2C(F)F. The van der Waals surface area contributed by atoms with Gasteiger partial charge in [-0.15, -0.1) is 0 Å². The Morgan fingerprint density at radius 1 is 1.36 bits per heavy atom. The normalized spacial score (nSPS) is 49.1. The summed E-state index contributed by atoms with van der Waals surface area (Å²) in [4.78, 5) is 0. The lowest BCUT2D eigenvalue weighted by Gasteiger charge is -2.15. The van der Waals surface area contributed by atoms with Crippen molar-refractivity contribution in [2.45, 2.75) is 39.0 Å². The zero-order valence-corrected chi connectivity index (χ0v) is 6.82. The molecule has 2 aliphatic rings. The molecular formula is C9H14F2. The molecule has 2 aliphatic carbocycles. The fourth-order valence-electron chi connectivity index (χ4n) is 2.89. The lowest BCUT2D eigenvalue weighted by molar-refractivity contribution is 0.102. The molecule has 64 valence electrons. The van der Waals surface area contributed by atoms with E-state index >= 15 is 0 Å². The largest absolute Gasteiger partial charge is 0.242 e. The van der Waals surface area contributed by atoms with E-state index in [1.165, 1.54) is 6.42 Å². The van der Waals surface area contributed by atoms with Gasteiger partial charge in [0.15, 0.2) is 0 Å². The summed E-state index contributed by atoms with van der Waals surface area (Å²) in [6, 6.07) is 0. The molecule has 0 N–H and O–H groups in total. The van der Waals surface area contributed by atoms with Crippen LogP contribution >= 0.6 is 0 Å². The molecule has 0 heterocycles. The van der Waals surface area contributed by atoms with E-state index in [1.807, 2.05) is 6.92 Å². The Labute approximate surface area is 66.0 Å². The predicted octanol–water partition coefficient (Wildman–Crippen LogP) is 3.08. The van der Waals surface area contributed by atoms with Crippen molar-refractivity contribution in [3.63, 3.8) is 0 Å². The van der Waals surface area contributed by atoms with Gasteiger partial charge in [-0.25, -0.2) is 8.78 Å². The van der Waals surface area contributed by atoms with E-state index < -0.39 is 6.43 Å². The number of alkyl halides is 2. The predicted molar refractivity (Wildman–Crippen MR) is 39.6 cm³/mol. The van der Waals surface area contributed by atoms with Crippen molar-refractivity contribution < 1.29 is 8.78 Å². The molecule has 0 aromatic carbocycles. The quantitative estimate of drug-likeness (QED) is 0.553. The van der Waals surface area contributed by atoms with Gasteiger partial charge in [-0.1, -0.05) is 19.8 Å². The van der Waals surface area contributed by atoms with Crippen LogP contribution < -0.4 is 0 Å². The average molecular weight is 160 g/mol. The zero-order valence-electron chi connectivity index (χ0n) is 6.82. The summed E-state index contributed by atoms with van der Waals surface area (Å²) in [5, 5.41) is 0. The minimum absolute atomic E-state index is 0.0341. The van der Waals surface area contributed by atoms with E-state index in [0.29, 0.717) is 5.92 Å². The van der Waals surface area contributed by atoms with Crippen molar-refractivity contribution in [3.05, 3.63) is 0 Å². The number of hydrogen-bond acceptors (Lipinski definition) is 0. The highest BCUT2D eigenvalue weighted by Gasteiger charge is 2.64. The van der Waals surface area contributed by atoms with Gasteiger partial charge in [0, 0.05) is 5.92 Å². The van der Waals surface area contributed by atoms with Gasteiger partial charge in [-0.2, -0.15) is 0 Å². The third kappa shape index (κ3) is 0.911. The van der Waals surface area contributed by atoms with Crippen molar-refractivity contribution in [1.29, 1.82) is 0 Å². The van der Waals surface area contributed by atoms with E-state index in [-0.39, 0.29) is 11.3 Å². The first-order valence-corrected chi connectivity index (χ1v) is 4.44. The van der Waals surface area contributed by atoms with Crippen LogP contribution in [0, 0.1) is 17.3 Å².